The van der Waals surface area contributed by atoms with E-state index in [2.05, 4.69) is 31.3 Å². The van der Waals surface area contributed by atoms with Gasteiger partial charge in [0.1, 0.15) is 0 Å². The van der Waals surface area contributed by atoms with E-state index in [1.54, 1.807) is 6.08 Å². The van der Waals surface area contributed by atoms with Crippen molar-refractivity contribution < 1.29 is 24.5 Å². The molecule has 0 fully saturated rings. The summed E-state index contributed by atoms with van der Waals surface area (Å²) < 4.78 is 5.50. The second-order valence-corrected chi connectivity index (χ2v) is 27.4. The van der Waals surface area contributed by atoms with E-state index in [0.29, 0.717) is 19.4 Å². The quantitative estimate of drug-likeness (QED) is 0.0320. The number of unbranched alkanes of at least 4 members (excludes halogenated alkanes) is 62. The Bertz CT molecular complexity index is 1350. The normalized spacial score (nSPS) is 12.6. The average molecular weight is 1210 g/mol. The topological polar surface area (TPSA) is 95.9 Å². The highest BCUT2D eigenvalue weighted by molar-refractivity contribution is 5.76. The highest BCUT2D eigenvalue weighted by atomic mass is 16.5. The van der Waals surface area contributed by atoms with E-state index in [-0.39, 0.29) is 18.5 Å². The lowest BCUT2D eigenvalue weighted by molar-refractivity contribution is -0.143. The van der Waals surface area contributed by atoms with Gasteiger partial charge >= 0.3 is 5.97 Å². The SMILES string of the molecule is CCCCCCCCC/C=C\CCCCCCCC(=O)OCCCCCCCCCCCCCCCCCCCCCCCCCCCCCCC(=O)NC(CO)C(O)/C=C/CCCCCCCCCCCCCCCCCCCCCCCCC. The number of allylic oxidation sites excluding steroid dienone is 3. The number of ether oxygens (including phenoxy) is 1. The molecule has 1 amide bonds. The summed E-state index contributed by atoms with van der Waals surface area (Å²) >= 11 is 0. The smallest absolute Gasteiger partial charge is 0.305 e. The van der Waals surface area contributed by atoms with Crippen molar-refractivity contribution in [2.45, 2.75) is 463 Å². The summed E-state index contributed by atoms with van der Waals surface area (Å²) in [7, 11) is 0. The highest BCUT2D eigenvalue weighted by Crippen LogP contribution is 2.20. The summed E-state index contributed by atoms with van der Waals surface area (Å²) in [5, 5.41) is 23.3. The van der Waals surface area contributed by atoms with Crippen LogP contribution in [0.4, 0.5) is 0 Å². The van der Waals surface area contributed by atoms with Crippen molar-refractivity contribution in [2.75, 3.05) is 13.2 Å². The largest absolute Gasteiger partial charge is 0.466 e. The first-order valence-corrected chi connectivity index (χ1v) is 39.6. The summed E-state index contributed by atoms with van der Waals surface area (Å²) in [6.07, 6.45) is 97.2. The molecular formula is C80H155NO5. The van der Waals surface area contributed by atoms with Gasteiger partial charge in [-0.1, -0.05) is 404 Å². The third-order valence-corrected chi connectivity index (χ3v) is 18.7. The maximum atomic E-state index is 12.6. The van der Waals surface area contributed by atoms with E-state index in [0.717, 1.165) is 44.9 Å². The maximum absolute atomic E-state index is 12.6. The number of carbonyl (C=O) groups is 2. The Kier molecular flexibility index (Phi) is 74.3. The molecule has 2 unspecified atom stereocenters. The Morgan fingerprint density at radius 2 is 0.547 bits per heavy atom. The number of nitrogens with one attached hydrogen (secondary N) is 1. The molecule has 6 nitrogen and oxygen atoms in total. The van der Waals surface area contributed by atoms with E-state index in [1.165, 1.54) is 379 Å². The standard InChI is InChI=1S/C80H155NO5/c1-3-5-7-9-11-13-15-17-19-21-22-23-24-29-32-35-38-41-44-48-52-56-60-64-68-72-78(83)77(76-82)81-79(84)73-69-65-61-57-53-49-45-42-39-36-33-30-27-25-26-28-31-34-37-40-43-47-51-55-59-63-67-71-75-86-80(85)74-70-66-62-58-54-50-46-20-18-16-14-12-10-8-6-4-2/h20,46,68,72,77-78,82-83H,3-19,21-45,47-67,69-71,73-76H2,1-2H3,(H,81,84)/b46-20-,72-68+. The lowest BCUT2D eigenvalue weighted by atomic mass is 10.0. The van der Waals surface area contributed by atoms with Crippen molar-refractivity contribution in [1.82, 2.24) is 5.32 Å². The molecule has 0 aromatic rings. The Hall–Kier alpha value is -1.66. The maximum Gasteiger partial charge on any atom is 0.305 e. The van der Waals surface area contributed by atoms with E-state index in [4.69, 9.17) is 4.74 Å². The van der Waals surface area contributed by atoms with Gasteiger partial charge in [0.25, 0.3) is 0 Å². The van der Waals surface area contributed by atoms with Crippen LogP contribution in [-0.4, -0.2) is 47.4 Å². The van der Waals surface area contributed by atoms with Gasteiger partial charge < -0.3 is 20.3 Å². The van der Waals surface area contributed by atoms with Crippen LogP contribution < -0.4 is 5.32 Å². The first-order valence-electron chi connectivity index (χ1n) is 39.6. The molecule has 0 aliphatic carbocycles. The van der Waals surface area contributed by atoms with Gasteiger partial charge in [0, 0.05) is 12.8 Å². The summed E-state index contributed by atoms with van der Waals surface area (Å²) in [6.45, 7) is 4.95. The minimum Gasteiger partial charge on any atom is -0.466 e. The van der Waals surface area contributed by atoms with Crippen LogP contribution in [0.15, 0.2) is 24.3 Å². The van der Waals surface area contributed by atoms with Crippen LogP contribution in [-0.2, 0) is 14.3 Å². The van der Waals surface area contributed by atoms with Crippen molar-refractivity contribution >= 4 is 11.9 Å². The highest BCUT2D eigenvalue weighted by Gasteiger charge is 2.18. The van der Waals surface area contributed by atoms with Crippen molar-refractivity contribution in [3.05, 3.63) is 24.3 Å². The van der Waals surface area contributed by atoms with Crippen LogP contribution in [0.1, 0.15) is 450 Å². The van der Waals surface area contributed by atoms with Crippen molar-refractivity contribution in [3.8, 4) is 0 Å². The number of rotatable bonds is 75. The molecule has 0 saturated heterocycles. The molecule has 2 atom stereocenters. The third-order valence-electron chi connectivity index (χ3n) is 18.7. The predicted octanol–water partition coefficient (Wildman–Crippen LogP) is 26.0. The van der Waals surface area contributed by atoms with Gasteiger partial charge in [0.2, 0.25) is 5.91 Å². The zero-order valence-electron chi connectivity index (χ0n) is 58.6. The van der Waals surface area contributed by atoms with E-state index in [9.17, 15) is 19.8 Å². The summed E-state index contributed by atoms with van der Waals surface area (Å²) in [5.74, 6) is -0.0473. The van der Waals surface area contributed by atoms with Gasteiger partial charge in [0.05, 0.1) is 25.4 Å². The Morgan fingerprint density at radius 3 is 0.826 bits per heavy atom. The number of aliphatic hydroxyl groups is 2. The van der Waals surface area contributed by atoms with Crippen molar-refractivity contribution in [1.29, 1.82) is 0 Å². The van der Waals surface area contributed by atoms with Crippen LogP contribution in [0.2, 0.25) is 0 Å². The molecule has 510 valence electrons. The first kappa shape index (κ1) is 84.3. The number of aliphatic hydroxyl groups excluding tert-OH is 2. The molecule has 0 bridgehead atoms. The Morgan fingerprint density at radius 1 is 0.314 bits per heavy atom. The molecule has 0 aromatic carbocycles. The molecule has 0 radical (unpaired) electrons. The van der Waals surface area contributed by atoms with Gasteiger partial charge in [-0.15, -0.1) is 0 Å². The fourth-order valence-corrected chi connectivity index (χ4v) is 12.7. The Labute approximate surface area is 539 Å². The van der Waals surface area contributed by atoms with E-state index < -0.39 is 12.1 Å². The molecule has 0 heterocycles. The number of hydrogen-bond donors (Lipinski definition) is 3. The van der Waals surface area contributed by atoms with Gasteiger partial charge in [-0.2, -0.15) is 0 Å². The van der Waals surface area contributed by atoms with Gasteiger partial charge in [-0.05, 0) is 57.8 Å². The van der Waals surface area contributed by atoms with Gasteiger partial charge in [-0.3, -0.25) is 9.59 Å². The summed E-state index contributed by atoms with van der Waals surface area (Å²) in [6, 6.07) is -0.627. The first-order chi connectivity index (χ1) is 42.5. The van der Waals surface area contributed by atoms with Crippen LogP contribution in [0.25, 0.3) is 0 Å². The lowest BCUT2D eigenvalue weighted by Crippen LogP contribution is -2.45. The summed E-state index contributed by atoms with van der Waals surface area (Å²) in [5.41, 5.74) is 0. The number of carbonyl (C=O) groups excluding carboxylic acids is 2. The number of esters is 1. The van der Waals surface area contributed by atoms with Crippen LogP contribution in [0, 0.1) is 0 Å². The van der Waals surface area contributed by atoms with Gasteiger partial charge in [0.15, 0.2) is 0 Å². The molecular weight excluding hydrogens is 1050 g/mol. The molecule has 0 rings (SSSR count). The zero-order valence-corrected chi connectivity index (χ0v) is 58.6. The average Bonchev–Trinajstić information content (AvgIpc) is 3.53. The second kappa shape index (κ2) is 75.8. The van der Waals surface area contributed by atoms with E-state index >= 15 is 0 Å². The predicted molar refractivity (Wildman–Crippen MR) is 380 cm³/mol. The van der Waals surface area contributed by atoms with Crippen LogP contribution in [0.3, 0.4) is 0 Å². The molecule has 0 aromatic heterocycles. The fourth-order valence-electron chi connectivity index (χ4n) is 12.7. The van der Waals surface area contributed by atoms with Crippen molar-refractivity contribution in [3.63, 3.8) is 0 Å². The third kappa shape index (κ3) is 71.4. The minimum absolute atomic E-state index is 0.0122. The molecule has 6 heteroatoms. The molecule has 0 aliphatic heterocycles. The molecule has 3 N–H and O–H groups in total. The molecule has 0 aliphatic rings. The second-order valence-electron chi connectivity index (χ2n) is 27.4. The number of hydrogen-bond acceptors (Lipinski definition) is 5. The van der Waals surface area contributed by atoms with Crippen LogP contribution in [0.5, 0.6) is 0 Å². The molecule has 0 spiro atoms. The van der Waals surface area contributed by atoms with Crippen molar-refractivity contribution in [2.24, 2.45) is 0 Å². The van der Waals surface area contributed by atoms with E-state index in [1.807, 2.05) is 6.08 Å². The fraction of sp³-hybridized carbons (Fsp3) is 0.925. The lowest BCUT2D eigenvalue weighted by Gasteiger charge is -2.20. The number of amides is 1. The summed E-state index contributed by atoms with van der Waals surface area (Å²) in [4.78, 5) is 24.7. The minimum atomic E-state index is -0.844. The molecule has 86 heavy (non-hydrogen) atoms. The monoisotopic (exact) mass is 1210 g/mol. The molecule has 0 saturated carbocycles. The van der Waals surface area contributed by atoms with Gasteiger partial charge in [-0.25, -0.2) is 0 Å². The zero-order chi connectivity index (χ0) is 62.0. The van der Waals surface area contributed by atoms with Crippen LogP contribution >= 0.6 is 0 Å². The Balaban J connectivity index is 3.37.